The number of H-pyrrole nitrogens is 1. The van der Waals surface area contributed by atoms with Gasteiger partial charge in [-0.05, 0) is 37.6 Å². The Morgan fingerprint density at radius 1 is 1.30 bits per heavy atom. The molecule has 2 amide bonds. The number of hydrogen-bond donors (Lipinski definition) is 2. The molecule has 27 heavy (non-hydrogen) atoms. The number of carbonyl (C=O) groups excluding carboxylic acids is 2. The zero-order chi connectivity index (χ0) is 19.4. The molecule has 1 atom stereocenters. The van der Waals surface area contributed by atoms with E-state index in [2.05, 4.69) is 10.3 Å². The SMILES string of the molecule is C[C@@H](NC(=O)c1cc2cc(Cl)ccc2[nH]1)C(=O)N1CCC2(C1)CC(F)(F)C2. The number of amides is 2. The largest absolute Gasteiger partial charge is 0.351 e. The molecular formula is C19H20ClF2N3O2. The van der Waals surface area contributed by atoms with Gasteiger partial charge in [0.2, 0.25) is 11.8 Å². The number of carbonyl (C=O) groups is 2. The second kappa shape index (κ2) is 6.19. The topological polar surface area (TPSA) is 65.2 Å². The van der Waals surface area contributed by atoms with Crippen molar-refractivity contribution in [1.29, 1.82) is 0 Å². The first-order valence-corrected chi connectivity index (χ1v) is 9.30. The number of hydrogen-bond acceptors (Lipinski definition) is 2. The number of nitrogens with zero attached hydrogens (tertiary/aromatic N) is 1. The number of nitrogens with one attached hydrogen (secondary N) is 2. The zero-order valence-electron chi connectivity index (χ0n) is 14.8. The smallest absolute Gasteiger partial charge is 0.268 e. The molecule has 2 N–H and O–H groups in total. The third-order valence-electron chi connectivity index (χ3n) is 5.56. The quantitative estimate of drug-likeness (QED) is 0.834. The van der Waals surface area contributed by atoms with Gasteiger partial charge >= 0.3 is 0 Å². The molecule has 1 aromatic carbocycles. The summed E-state index contributed by atoms with van der Waals surface area (Å²) in [5, 5.41) is 4.06. The van der Waals surface area contributed by atoms with E-state index >= 15 is 0 Å². The third-order valence-corrected chi connectivity index (χ3v) is 5.80. The first-order valence-electron chi connectivity index (χ1n) is 8.92. The Labute approximate surface area is 160 Å². The Balaban J connectivity index is 1.38. The molecule has 1 aliphatic heterocycles. The van der Waals surface area contributed by atoms with Crippen molar-refractivity contribution in [2.45, 2.75) is 38.2 Å². The van der Waals surface area contributed by atoms with Crippen molar-refractivity contribution in [1.82, 2.24) is 15.2 Å². The van der Waals surface area contributed by atoms with Gasteiger partial charge in [-0.2, -0.15) is 0 Å². The fourth-order valence-electron chi connectivity index (χ4n) is 4.29. The normalized spacial score (nSPS) is 21.3. The van der Waals surface area contributed by atoms with Crippen LogP contribution >= 0.6 is 11.6 Å². The lowest BCUT2D eigenvalue weighted by Gasteiger charge is -2.44. The van der Waals surface area contributed by atoms with Crippen molar-refractivity contribution in [2.24, 2.45) is 5.41 Å². The third kappa shape index (κ3) is 3.40. The van der Waals surface area contributed by atoms with Crippen LogP contribution in [0.15, 0.2) is 24.3 Å². The van der Waals surface area contributed by atoms with Crippen LogP contribution in [0, 0.1) is 5.41 Å². The lowest BCUT2D eigenvalue weighted by Crippen LogP contribution is -2.50. The predicted octanol–water partition coefficient (Wildman–Crippen LogP) is 3.59. The van der Waals surface area contributed by atoms with Crippen LogP contribution in [0.25, 0.3) is 10.9 Å². The van der Waals surface area contributed by atoms with Gasteiger partial charge in [0.15, 0.2) is 0 Å². The van der Waals surface area contributed by atoms with Crippen LogP contribution < -0.4 is 5.32 Å². The standard InChI is InChI=1S/C19H20ClF2N3O2/c1-11(17(27)25-5-4-18(10-25)8-19(21,22)9-18)23-16(26)15-7-12-6-13(20)2-3-14(12)24-15/h2-3,6-7,11,24H,4-5,8-10H2,1H3,(H,23,26)/t11-/m1/s1. The van der Waals surface area contributed by atoms with Gasteiger partial charge in [0.25, 0.3) is 5.91 Å². The summed E-state index contributed by atoms with van der Waals surface area (Å²) in [5.41, 5.74) is 0.665. The number of fused-ring (bicyclic) bond motifs is 1. The van der Waals surface area contributed by atoms with Crippen LogP contribution in [0.3, 0.4) is 0 Å². The van der Waals surface area contributed by atoms with Gasteiger partial charge in [0, 0.05) is 47.3 Å². The van der Waals surface area contributed by atoms with Gasteiger partial charge in [-0.25, -0.2) is 8.78 Å². The zero-order valence-corrected chi connectivity index (χ0v) is 15.6. The number of aromatic amines is 1. The molecule has 1 saturated heterocycles. The van der Waals surface area contributed by atoms with Crippen molar-refractivity contribution in [2.75, 3.05) is 13.1 Å². The van der Waals surface area contributed by atoms with E-state index in [1.165, 1.54) is 0 Å². The Kier molecular flexibility index (Phi) is 4.18. The van der Waals surface area contributed by atoms with Crippen molar-refractivity contribution >= 4 is 34.3 Å². The molecule has 8 heteroatoms. The highest BCUT2D eigenvalue weighted by molar-refractivity contribution is 6.31. The maximum atomic E-state index is 13.2. The average Bonchev–Trinajstić information content (AvgIpc) is 3.17. The van der Waals surface area contributed by atoms with Gasteiger partial charge in [-0.15, -0.1) is 0 Å². The minimum Gasteiger partial charge on any atom is -0.351 e. The van der Waals surface area contributed by atoms with Gasteiger partial charge in [0.05, 0.1) is 0 Å². The first kappa shape index (κ1) is 18.2. The van der Waals surface area contributed by atoms with E-state index in [4.69, 9.17) is 11.6 Å². The number of benzene rings is 1. The second-order valence-corrected chi connectivity index (χ2v) is 8.27. The summed E-state index contributed by atoms with van der Waals surface area (Å²) in [6.07, 6.45) is 0.294. The van der Waals surface area contributed by atoms with E-state index < -0.39 is 23.3 Å². The average molecular weight is 396 g/mol. The molecule has 1 spiro atoms. The molecule has 5 nitrogen and oxygen atoms in total. The Morgan fingerprint density at radius 2 is 2.04 bits per heavy atom. The summed E-state index contributed by atoms with van der Waals surface area (Å²) in [7, 11) is 0. The van der Waals surface area contributed by atoms with Crippen molar-refractivity contribution < 1.29 is 18.4 Å². The molecule has 1 saturated carbocycles. The van der Waals surface area contributed by atoms with E-state index in [0.29, 0.717) is 30.2 Å². The van der Waals surface area contributed by atoms with Crippen molar-refractivity contribution in [3.8, 4) is 0 Å². The van der Waals surface area contributed by atoms with Crippen LogP contribution in [-0.4, -0.2) is 46.8 Å². The molecule has 2 fully saturated rings. The van der Waals surface area contributed by atoms with Crippen LogP contribution in [-0.2, 0) is 4.79 Å². The highest BCUT2D eigenvalue weighted by Crippen LogP contribution is 2.56. The van der Waals surface area contributed by atoms with Crippen LogP contribution in [0.5, 0.6) is 0 Å². The maximum Gasteiger partial charge on any atom is 0.268 e. The van der Waals surface area contributed by atoms with Gasteiger partial charge in [0.1, 0.15) is 11.7 Å². The van der Waals surface area contributed by atoms with Crippen molar-refractivity contribution in [3.05, 3.63) is 35.0 Å². The summed E-state index contributed by atoms with van der Waals surface area (Å²) >= 11 is 5.95. The van der Waals surface area contributed by atoms with E-state index in [-0.39, 0.29) is 18.7 Å². The minimum absolute atomic E-state index is 0.151. The molecule has 0 radical (unpaired) electrons. The van der Waals surface area contributed by atoms with E-state index in [9.17, 15) is 18.4 Å². The predicted molar refractivity (Wildman–Crippen MR) is 98.0 cm³/mol. The molecular weight excluding hydrogens is 376 g/mol. The Bertz CT molecular complexity index is 919. The van der Waals surface area contributed by atoms with E-state index in [1.807, 2.05) is 0 Å². The van der Waals surface area contributed by atoms with E-state index in [1.54, 1.807) is 36.1 Å². The number of likely N-dealkylation sites (tertiary alicyclic amines) is 1. The molecule has 2 aliphatic rings. The number of aromatic nitrogens is 1. The molecule has 144 valence electrons. The van der Waals surface area contributed by atoms with E-state index in [0.717, 1.165) is 10.9 Å². The highest BCUT2D eigenvalue weighted by Gasteiger charge is 2.59. The monoisotopic (exact) mass is 395 g/mol. The Morgan fingerprint density at radius 3 is 2.74 bits per heavy atom. The lowest BCUT2D eigenvalue weighted by atomic mass is 9.65. The molecule has 2 aromatic rings. The minimum atomic E-state index is -2.60. The number of halogens is 3. The number of rotatable bonds is 3. The maximum absolute atomic E-state index is 13.2. The first-order chi connectivity index (χ1) is 12.7. The summed E-state index contributed by atoms with van der Waals surface area (Å²) in [5.74, 6) is -3.24. The summed E-state index contributed by atoms with van der Waals surface area (Å²) < 4.78 is 26.4. The molecule has 1 aromatic heterocycles. The van der Waals surface area contributed by atoms with Crippen LogP contribution in [0.1, 0.15) is 36.7 Å². The summed E-state index contributed by atoms with van der Waals surface area (Å²) in [6, 6.07) is 6.19. The molecule has 1 aliphatic carbocycles. The van der Waals surface area contributed by atoms with Gasteiger partial charge < -0.3 is 15.2 Å². The van der Waals surface area contributed by atoms with Crippen LogP contribution in [0.4, 0.5) is 8.78 Å². The number of alkyl halides is 2. The molecule has 0 bridgehead atoms. The molecule has 2 heterocycles. The fourth-order valence-corrected chi connectivity index (χ4v) is 4.47. The highest BCUT2D eigenvalue weighted by atomic mass is 35.5. The van der Waals surface area contributed by atoms with Crippen LogP contribution in [0.2, 0.25) is 5.02 Å². The fraction of sp³-hybridized carbons (Fsp3) is 0.474. The van der Waals surface area contributed by atoms with Gasteiger partial charge in [-0.3, -0.25) is 9.59 Å². The summed E-state index contributed by atoms with van der Waals surface area (Å²) in [6.45, 7) is 2.41. The lowest BCUT2D eigenvalue weighted by molar-refractivity contribution is -0.158. The van der Waals surface area contributed by atoms with Crippen molar-refractivity contribution in [3.63, 3.8) is 0 Å². The molecule has 0 unspecified atom stereocenters. The second-order valence-electron chi connectivity index (χ2n) is 7.83. The summed E-state index contributed by atoms with van der Waals surface area (Å²) in [4.78, 5) is 29.7. The van der Waals surface area contributed by atoms with Gasteiger partial charge in [-0.1, -0.05) is 11.6 Å². The Hall–Kier alpha value is -2.15. The molecule has 4 rings (SSSR count).